The monoisotopic (exact) mass is 332 g/mol. The number of anilines is 2. The maximum atomic E-state index is 12.6. The highest BCUT2D eigenvalue weighted by Crippen LogP contribution is 2.35. The van der Waals surface area contributed by atoms with Crippen LogP contribution in [0.2, 0.25) is 0 Å². The van der Waals surface area contributed by atoms with Crippen LogP contribution in [0.4, 0.5) is 11.4 Å². The van der Waals surface area contributed by atoms with Crippen molar-refractivity contribution in [3.8, 4) is 11.5 Å². The summed E-state index contributed by atoms with van der Waals surface area (Å²) in [6.07, 6.45) is 0.987. The Bertz CT molecular complexity index is 880. The van der Waals surface area contributed by atoms with E-state index in [4.69, 9.17) is 9.47 Å². The van der Waals surface area contributed by atoms with E-state index in [1.54, 1.807) is 12.1 Å². The van der Waals surface area contributed by atoms with Gasteiger partial charge in [0.2, 0.25) is 6.79 Å². The lowest BCUT2D eigenvalue weighted by atomic mass is 10.1. The van der Waals surface area contributed by atoms with E-state index in [9.17, 15) is 8.42 Å². The first kappa shape index (κ1) is 14.2. The van der Waals surface area contributed by atoms with E-state index in [2.05, 4.69) is 9.62 Å². The molecule has 0 aromatic heterocycles. The third-order valence-corrected chi connectivity index (χ3v) is 5.50. The molecule has 0 fully saturated rings. The van der Waals surface area contributed by atoms with Crippen molar-refractivity contribution in [1.82, 2.24) is 0 Å². The fourth-order valence-electron chi connectivity index (χ4n) is 2.86. The molecule has 2 aromatic carbocycles. The third kappa shape index (κ3) is 2.46. The molecule has 0 spiro atoms. The Kier molecular flexibility index (Phi) is 3.12. The molecule has 0 radical (unpaired) electrons. The van der Waals surface area contributed by atoms with Crippen molar-refractivity contribution in [2.45, 2.75) is 11.3 Å². The average Bonchev–Trinajstić information content (AvgIpc) is 3.13. The summed E-state index contributed by atoms with van der Waals surface area (Å²) in [7, 11) is -1.67. The van der Waals surface area contributed by atoms with Gasteiger partial charge in [0, 0.05) is 25.3 Å². The number of likely N-dealkylation sites (N-methyl/N-ethyl adjacent to an activating group) is 1. The Morgan fingerprint density at radius 2 is 1.91 bits per heavy atom. The average molecular weight is 332 g/mol. The summed E-state index contributed by atoms with van der Waals surface area (Å²) in [5, 5.41) is 0. The Hall–Kier alpha value is -2.41. The smallest absolute Gasteiger partial charge is 0.262 e. The second kappa shape index (κ2) is 5.06. The molecular formula is C16H16N2O4S. The number of hydrogen-bond acceptors (Lipinski definition) is 5. The van der Waals surface area contributed by atoms with Crippen molar-refractivity contribution in [2.24, 2.45) is 0 Å². The van der Waals surface area contributed by atoms with Crippen LogP contribution in [0.5, 0.6) is 11.5 Å². The van der Waals surface area contributed by atoms with Crippen molar-refractivity contribution >= 4 is 21.4 Å². The number of nitrogens with one attached hydrogen (secondary N) is 1. The van der Waals surface area contributed by atoms with Gasteiger partial charge < -0.3 is 14.4 Å². The molecule has 23 heavy (non-hydrogen) atoms. The van der Waals surface area contributed by atoms with Gasteiger partial charge in [-0.15, -0.1) is 0 Å². The molecule has 0 bridgehead atoms. The molecule has 0 unspecified atom stereocenters. The normalized spacial score (nSPS) is 15.6. The first-order chi connectivity index (χ1) is 11.0. The molecule has 0 aliphatic carbocycles. The SMILES string of the molecule is CN1CCc2ccc(NS(=O)(=O)c3ccc4c(c3)OCO4)cc21. The molecule has 2 heterocycles. The number of hydrogen-bond donors (Lipinski definition) is 1. The van der Waals surface area contributed by atoms with Gasteiger partial charge in [-0.3, -0.25) is 4.72 Å². The van der Waals surface area contributed by atoms with Gasteiger partial charge in [-0.25, -0.2) is 8.42 Å². The zero-order valence-electron chi connectivity index (χ0n) is 12.6. The fourth-order valence-corrected chi connectivity index (χ4v) is 3.93. The van der Waals surface area contributed by atoms with Crippen LogP contribution >= 0.6 is 0 Å². The number of ether oxygens (including phenoxy) is 2. The molecule has 6 nitrogen and oxygen atoms in total. The molecule has 0 saturated carbocycles. The molecule has 0 saturated heterocycles. The van der Waals surface area contributed by atoms with E-state index in [1.807, 2.05) is 19.2 Å². The third-order valence-electron chi connectivity index (χ3n) is 4.12. The number of nitrogens with zero attached hydrogens (tertiary/aromatic N) is 1. The summed E-state index contributed by atoms with van der Waals surface area (Å²) >= 11 is 0. The molecule has 1 N–H and O–H groups in total. The Labute approximate surface area is 134 Å². The van der Waals surface area contributed by atoms with Gasteiger partial charge in [-0.05, 0) is 36.2 Å². The minimum Gasteiger partial charge on any atom is -0.454 e. The molecule has 120 valence electrons. The molecule has 2 aromatic rings. The lowest BCUT2D eigenvalue weighted by molar-refractivity contribution is 0.174. The van der Waals surface area contributed by atoms with Gasteiger partial charge in [0.25, 0.3) is 10.0 Å². The summed E-state index contributed by atoms with van der Waals surface area (Å²) in [5.41, 5.74) is 2.85. The lowest BCUT2D eigenvalue weighted by Gasteiger charge is -2.14. The lowest BCUT2D eigenvalue weighted by Crippen LogP contribution is -2.14. The first-order valence-electron chi connectivity index (χ1n) is 7.29. The first-order valence-corrected chi connectivity index (χ1v) is 8.78. The van der Waals surface area contributed by atoms with Crippen LogP contribution in [0.3, 0.4) is 0 Å². The zero-order valence-corrected chi connectivity index (χ0v) is 13.4. The Morgan fingerprint density at radius 1 is 1.09 bits per heavy atom. The summed E-state index contributed by atoms with van der Waals surface area (Å²) < 4.78 is 38.2. The molecule has 2 aliphatic rings. The second-order valence-corrected chi connectivity index (χ2v) is 7.32. The Morgan fingerprint density at radius 3 is 2.78 bits per heavy atom. The largest absolute Gasteiger partial charge is 0.454 e. The molecule has 7 heteroatoms. The summed E-state index contributed by atoms with van der Waals surface area (Å²) in [6.45, 7) is 1.07. The summed E-state index contributed by atoms with van der Waals surface area (Å²) in [6, 6.07) is 10.2. The van der Waals surface area contributed by atoms with Crippen LogP contribution in [0, 0.1) is 0 Å². The Balaban J connectivity index is 1.64. The predicted molar refractivity (Wildman–Crippen MR) is 86.8 cm³/mol. The van der Waals surface area contributed by atoms with Crippen LogP contribution in [0.25, 0.3) is 0 Å². The van der Waals surface area contributed by atoms with Gasteiger partial charge in [0.15, 0.2) is 11.5 Å². The van der Waals surface area contributed by atoms with E-state index in [1.165, 1.54) is 17.7 Å². The number of sulfonamides is 1. The van der Waals surface area contributed by atoms with Gasteiger partial charge in [0.1, 0.15) is 0 Å². The van der Waals surface area contributed by atoms with Crippen molar-refractivity contribution in [1.29, 1.82) is 0 Å². The minimum atomic E-state index is -3.67. The van der Waals surface area contributed by atoms with E-state index in [0.717, 1.165) is 18.7 Å². The summed E-state index contributed by atoms with van der Waals surface area (Å²) in [5.74, 6) is 1.00. The van der Waals surface area contributed by atoms with E-state index in [0.29, 0.717) is 17.2 Å². The second-order valence-electron chi connectivity index (χ2n) is 5.64. The van der Waals surface area contributed by atoms with E-state index in [-0.39, 0.29) is 11.7 Å². The summed E-state index contributed by atoms with van der Waals surface area (Å²) in [4.78, 5) is 2.27. The number of benzene rings is 2. The van der Waals surface area contributed by atoms with Gasteiger partial charge in [0.05, 0.1) is 10.6 Å². The van der Waals surface area contributed by atoms with Crippen LogP contribution in [-0.2, 0) is 16.4 Å². The topological polar surface area (TPSA) is 67.9 Å². The quantitative estimate of drug-likeness (QED) is 0.933. The van der Waals surface area contributed by atoms with Crippen LogP contribution in [-0.4, -0.2) is 28.8 Å². The molecule has 0 amide bonds. The highest BCUT2D eigenvalue weighted by Gasteiger charge is 2.22. The zero-order chi connectivity index (χ0) is 16.0. The number of fused-ring (bicyclic) bond motifs is 2. The van der Waals surface area contributed by atoms with Crippen LogP contribution in [0.1, 0.15) is 5.56 Å². The standard InChI is InChI=1S/C16H16N2O4S/c1-18-7-6-11-2-3-12(8-14(11)18)17-23(19,20)13-4-5-15-16(9-13)22-10-21-15/h2-5,8-9,17H,6-7,10H2,1H3. The maximum absolute atomic E-state index is 12.6. The van der Waals surface area contributed by atoms with Crippen molar-refractivity contribution in [2.75, 3.05) is 30.0 Å². The predicted octanol–water partition coefficient (Wildman–Crippen LogP) is 2.21. The molecule has 2 aliphatic heterocycles. The van der Waals surface area contributed by atoms with E-state index < -0.39 is 10.0 Å². The maximum Gasteiger partial charge on any atom is 0.262 e. The minimum absolute atomic E-state index is 0.115. The molecular weight excluding hydrogens is 316 g/mol. The molecule has 4 rings (SSSR count). The van der Waals surface area contributed by atoms with Crippen molar-refractivity contribution < 1.29 is 17.9 Å². The fraction of sp³-hybridized carbons (Fsp3) is 0.250. The van der Waals surface area contributed by atoms with E-state index >= 15 is 0 Å². The highest BCUT2D eigenvalue weighted by atomic mass is 32.2. The highest BCUT2D eigenvalue weighted by molar-refractivity contribution is 7.92. The van der Waals surface area contributed by atoms with Gasteiger partial charge >= 0.3 is 0 Å². The molecule has 0 atom stereocenters. The van der Waals surface area contributed by atoms with Crippen molar-refractivity contribution in [3.05, 3.63) is 42.0 Å². The van der Waals surface area contributed by atoms with Crippen LogP contribution < -0.4 is 19.1 Å². The van der Waals surface area contributed by atoms with Crippen molar-refractivity contribution in [3.63, 3.8) is 0 Å². The van der Waals surface area contributed by atoms with Gasteiger partial charge in [-0.1, -0.05) is 6.07 Å². The van der Waals surface area contributed by atoms with Gasteiger partial charge in [-0.2, -0.15) is 0 Å². The van der Waals surface area contributed by atoms with Crippen LogP contribution in [0.15, 0.2) is 41.3 Å². The number of rotatable bonds is 3.